The fourth-order valence-corrected chi connectivity index (χ4v) is 2.13. The third-order valence-corrected chi connectivity index (χ3v) is 3.33. The van der Waals surface area contributed by atoms with Crippen LogP contribution in [0.15, 0.2) is 54.6 Å². The van der Waals surface area contributed by atoms with Gasteiger partial charge in [-0.15, -0.1) is 0 Å². The number of hydrogen-bond donors (Lipinski definition) is 1. The Balaban J connectivity index is 1.72. The largest absolute Gasteiger partial charge is 0.356 e. The Morgan fingerprint density at radius 3 is 2.32 bits per heavy atom. The lowest BCUT2D eigenvalue weighted by Crippen LogP contribution is -2.26. The Bertz CT molecular complexity index is 641. The van der Waals surface area contributed by atoms with Gasteiger partial charge in [0.05, 0.1) is 5.56 Å². The summed E-state index contributed by atoms with van der Waals surface area (Å²) >= 11 is 0. The fraction of sp³-hybridized carbons (Fsp3) is 0.222. The van der Waals surface area contributed by atoms with Gasteiger partial charge in [0.25, 0.3) is 0 Å². The average Bonchev–Trinajstić information content (AvgIpc) is 2.54. The number of amides is 1. The highest BCUT2D eigenvalue weighted by Gasteiger charge is 2.12. The maximum atomic E-state index is 13.4. The molecule has 0 spiro atoms. The van der Waals surface area contributed by atoms with Crippen LogP contribution in [0.4, 0.5) is 4.39 Å². The number of Topliss-reactive ketones (excluding diaryl/α,β-unsaturated/α-hetero) is 1. The second-order valence-corrected chi connectivity index (χ2v) is 4.99. The quantitative estimate of drug-likeness (QED) is 0.798. The molecule has 22 heavy (non-hydrogen) atoms. The van der Waals surface area contributed by atoms with E-state index in [1.54, 1.807) is 6.07 Å². The zero-order chi connectivity index (χ0) is 15.8. The van der Waals surface area contributed by atoms with Crippen molar-refractivity contribution in [1.29, 1.82) is 0 Å². The molecule has 2 rings (SSSR count). The molecule has 0 saturated carbocycles. The third kappa shape index (κ3) is 4.81. The first-order chi connectivity index (χ1) is 10.7. The molecule has 0 unspecified atom stereocenters. The molecule has 0 aliphatic rings. The lowest BCUT2D eigenvalue weighted by molar-refractivity contribution is -0.121. The number of carbonyl (C=O) groups is 2. The van der Waals surface area contributed by atoms with Gasteiger partial charge in [0.2, 0.25) is 5.91 Å². The summed E-state index contributed by atoms with van der Waals surface area (Å²) < 4.78 is 13.4. The van der Waals surface area contributed by atoms with E-state index in [-0.39, 0.29) is 30.1 Å². The van der Waals surface area contributed by atoms with Gasteiger partial charge in [-0.05, 0) is 24.1 Å². The molecule has 2 aromatic carbocycles. The summed E-state index contributed by atoms with van der Waals surface area (Å²) in [6.45, 7) is 0.525. The molecule has 0 bridgehead atoms. The summed E-state index contributed by atoms with van der Waals surface area (Å²) in [5, 5.41) is 2.77. The summed E-state index contributed by atoms with van der Waals surface area (Å²) in [6, 6.07) is 15.6. The van der Waals surface area contributed by atoms with Gasteiger partial charge in [-0.1, -0.05) is 42.5 Å². The van der Waals surface area contributed by atoms with Gasteiger partial charge in [0, 0.05) is 19.4 Å². The van der Waals surface area contributed by atoms with Crippen molar-refractivity contribution >= 4 is 11.7 Å². The molecular weight excluding hydrogens is 281 g/mol. The fourth-order valence-electron chi connectivity index (χ4n) is 2.13. The predicted molar refractivity (Wildman–Crippen MR) is 83.1 cm³/mol. The second kappa shape index (κ2) is 8.08. The van der Waals surface area contributed by atoms with Gasteiger partial charge < -0.3 is 5.32 Å². The van der Waals surface area contributed by atoms with Crippen LogP contribution < -0.4 is 5.32 Å². The maximum Gasteiger partial charge on any atom is 0.220 e. The van der Waals surface area contributed by atoms with Crippen LogP contribution in [0.25, 0.3) is 0 Å². The number of halogens is 1. The van der Waals surface area contributed by atoms with Crippen molar-refractivity contribution in [3.05, 3.63) is 71.5 Å². The number of benzene rings is 2. The van der Waals surface area contributed by atoms with Crippen LogP contribution in [-0.2, 0) is 11.2 Å². The smallest absolute Gasteiger partial charge is 0.220 e. The number of hydrogen-bond acceptors (Lipinski definition) is 2. The first-order valence-corrected chi connectivity index (χ1v) is 7.25. The van der Waals surface area contributed by atoms with Gasteiger partial charge in [0.15, 0.2) is 5.78 Å². The van der Waals surface area contributed by atoms with E-state index in [0.717, 1.165) is 12.0 Å². The molecule has 1 N–H and O–H groups in total. The third-order valence-electron chi connectivity index (χ3n) is 3.33. The van der Waals surface area contributed by atoms with Crippen molar-refractivity contribution in [2.75, 3.05) is 6.54 Å². The van der Waals surface area contributed by atoms with Crippen molar-refractivity contribution in [2.45, 2.75) is 19.3 Å². The Hall–Kier alpha value is -2.49. The van der Waals surface area contributed by atoms with E-state index < -0.39 is 5.82 Å². The summed E-state index contributed by atoms with van der Waals surface area (Å²) in [5.41, 5.74) is 1.19. The lowest BCUT2D eigenvalue weighted by atomic mass is 10.1. The molecule has 0 fully saturated rings. The van der Waals surface area contributed by atoms with Crippen molar-refractivity contribution < 1.29 is 14.0 Å². The van der Waals surface area contributed by atoms with E-state index >= 15 is 0 Å². The van der Waals surface area contributed by atoms with Crippen molar-refractivity contribution in [3.63, 3.8) is 0 Å². The Morgan fingerprint density at radius 1 is 0.909 bits per heavy atom. The van der Waals surface area contributed by atoms with Crippen LogP contribution in [0.5, 0.6) is 0 Å². The molecule has 0 atom stereocenters. The maximum absolute atomic E-state index is 13.4. The van der Waals surface area contributed by atoms with E-state index in [1.807, 2.05) is 30.3 Å². The van der Waals surface area contributed by atoms with Crippen LogP contribution in [-0.4, -0.2) is 18.2 Å². The van der Waals surface area contributed by atoms with Crippen molar-refractivity contribution in [1.82, 2.24) is 5.32 Å². The zero-order valence-electron chi connectivity index (χ0n) is 12.2. The molecule has 1 amide bonds. The summed E-state index contributed by atoms with van der Waals surface area (Å²) in [5.74, 6) is -1.09. The minimum atomic E-state index is -0.544. The summed E-state index contributed by atoms with van der Waals surface area (Å²) in [7, 11) is 0. The van der Waals surface area contributed by atoms with Gasteiger partial charge in [-0.3, -0.25) is 9.59 Å². The van der Waals surface area contributed by atoms with Crippen LogP contribution in [0.3, 0.4) is 0 Å². The first kappa shape index (κ1) is 15.9. The average molecular weight is 299 g/mol. The van der Waals surface area contributed by atoms with E-state index in [2.05, 4.69) is 5.32 Å². The van der Waals surface area contributed by atoms with Gasteiger partial charge in [-0.25, -0.2) is 4.39 Å². The molecule has 4 heteroatoms. The summed E-state index contributed by atoms with van der Waals surface area (Å²) in [6.07, 6.45) is 0.827. The van der Waals surface area contributed by atoms with E-state index in [1.165, 1.54) is 18.2 Å². The Labute approximate surface area is 129 Å². The molecular formula is C18H18FNO2. The number of rotatable bonds is 7. The van der Waals surface area contributed by atoms with E-state index in [0.29, 0.717) is 6.54 Å². The second-order valence-electron chi connectivity index (χ2n) is 4.99. The molecule has 0 radical (unpaired) electrons. The van der Waals surface area contributed by atoms with Crippen LogP contribution in [0, 0.1) is 5.82 Å². The van der Waals surface area contributed by atoms with Gasteiger partial charge in [-0.2, -0.15) is 0 Å². The molecule has 0 heterocycles. The highest BCUT2D eigenvalue weighted by molar-refractivity contribution is 5.98. The lowest BCUT2D eigenvalue weighted by Gasteiger charge is -2.05. The molecule has 0 saturated heterocycles. The van der Waals surface area contributed by atoms with Gasteiger partial charge >= 0.3 is 0 Å². The van der Waals surface area contributed by atoms with Crippen molar-refractivity contribution in [3.8, 4) is 0 Å². The summed E-state index contributed by atoms with van der Waals surface area (Å²) in [4.78, 5) is 23.5. The first-order valence-electron chi connectivity index (χ1n) is 7.25. The van der Waals surface area contributed by atoms with E-state index in [9.17, 15) is 14.0 Å². The Kier molecular flexibility index (Phi) is 5.83. The minimum Gasteiger partial charge on any atom is -0.356 e. The number of nitrogens with one attached hydrogen (secondary N) is 1. The molecule has 0 aliphatic heterocycles. The highest BCUT2D eigenvalue weighted by atomic mass is 19.1. The van der Waals surface area contributed by atoms with E-state index in [4.69, 9.17) is 0 Å². The molecule has 114 valence electrons. The Morgan fingerprint density at radius 2 is 1.59 bits per heavy atom. The standard InChI is InChI=1S/C18H18FNO2/c19-16-9-5-4-8-15(16)17(21)10-11-18(22)20-13-12-14-6-2-1-3-7-14/h1-9H,10-13H2,(H,20,22). The van der Waals surface area contributed by atoms with Gasteiger partial charge in [0.1, 0.15) is 5.82 Å². The molecule has 0 aliphatic carbocycles. The zero-order valence-corrected chi connectivity index (χ0v) is 12.2. The normalized spacial score (nSPS) is 10.2. The predicted octanol–water partition coefficient (Wildman–Crippen LogP) is 3.15. The topological polar surface area (TPSA) is 46.2 Å². The van der Waals surface area contributed by atoms with Crippen LogP contribution >= 0.6 is 0 Å². The highest BCUT2D eigenvalue weighted by Crippen LogP contribution is 2.10. The monoisotopic (exact) mass is 299 g/mol. The van der Waals surface area contributed by atoms with Crippen LogP contribution in [0.1, 0.15) is 28.8 Å². The number of ketones is 1. The molecule has 0 aromatic heterocycles. The molecule has 3 nitrogen and oxygen atoms in total. The minimum absolute atomic E-state index is 0.0120. The number of carbonyl (C=O) groups excluding carboxylic acids is 2. The molecule has 2 aromatic rings. The van der Waals surface area contributed by atoms with Crippen LogP contribution in [0.2, 0.25) is 0 Å². The van der Waals surface area contributed by atoms with Crippen molar-refractivity contribution in [2.24, 2.45) is 0 Å². The SMILES string of the molecule is O=C(CCC(=O)c1ccccc1F)NCCc1ccccc1.